The smallest absolute Gasteiger partial charge is 0.216 e. The van der Waals surface area contributed by atoms with E-state index in [1.54, 1.807) is 0 Å². The fourth-order valence-electron chi connectivity index (χ4n) is 4.39. The van der Waals surface area contributed by atoms with Gasteiger partial charge in [-0.1, -0.05) is 52.0 Å². The molecule has 0 aromatic heterocycles. The Morgan fingerprint density at radius 3 is 1.48 bits per heavy atom. The van der Waals surface area contributed by atoms with Gasteiger partial charge >= 0.3 is 0 Å². The molecule has 0 spiro atoms. The number of nitrogens with zero attached hydrogens (tertiary/aromatic N) is 2. The molecule has 2 atom stereocenters. The van der Waals surface area contributed by atoms with Gasteiger partial charge in [-0.25, -0.2) is 9.98 Å². The molecule has 0 N–H and O–H groups in total. The molecule has 2 heterocycles. The zero-order chi connectivity index (χ0) is 20.1. The van der Waals surface area contributed by atoms with E-state index in [2.05, 4.69) is 64.1 Å². The fraction of sp³-hybridized carbons (Fsp3) is 0.440. The molecule has 150 valence electrons. The van der Waals surface area contributed by atoms with Gasteiger partial charge < -0.3 is 9.47 Å². The minimum Gasteiger partial charge on any atom is -0.475 e. The second-order valence-corrected chi connectivity index (χ2v) is 8.95. The van der Waals surface area contributed by atoms with Crippen LogP contribution in [0.2, 0.25) is 0 Å². The van der Waals surface area contributed by atoms with Gasteiger partial charge in [-0.3, -0.25) is 0 Å². The lowest BCUT2D eigenvalue weighted by Gasteiger charge is -2.08. The maximum absolute atomic E-state index is 6.01. The van der Waals surface area contributed by atoms with Gasteiger partial charge in [0.1, 0.15) is 13.2 Å². The van der Waals surface area contributed by atoms with Crippen molar-refractivity contribution in [3.8, 4) is 11.1 Å². The van der Waals surface area contributed by atoms with E-state index in [4.69, 9.17) is 19.5 Å². The third-order valence-electron chi connectivity index (χ3n) is 6.34. The van der Waals surface area contributed by atoms with Crippen LogP contribution in [0.3, 0.4) is 0 Å². The van der Waals surface area contributed by atoms with E-state index >= 15 is 0 Å². The quantitative estimate of drug-likeness (QED) is 0.640. The molecule has 2 aromatic carbocycles. The number of hydrogen-bond donors (Lipinski definition) is 0. The van der Waals surface area contributed by atoms with Gasteiger partial charge in [0, 0.05) is 17.5 Å². The van der Waals surface area contributed by atoms with Crippen molar-refractivity contribution in [2.75, 3.05) is 13.2 Å². The van der Waals surface area contributed by atoms with Crippen molar-refractivity contribution in [2.45, 2.75) is 46.2 Å². The molecule has 0 saturated heterocycles. The molecule has 0 fully saturated rings. The summed E-state index contributed by atoms with van der Waals surface area (Å²) in [5.41, 5.74) is 7.41. The molecule has 0 saturated carbocycles. The van der Waals surface area contributed by atoms with Crippen molar-refractivity contribution in [1.82, 2.24) is 0 Å². The van der Waals surface area contributed by atoms with Gasteiger partial charge in [-0.15, -0.1) is 0 Å². The van der Waals surface area contributed by atoms with Crippen LogP contribution in [0, 0.1) is 11.8 Å². The normalized spacial score (nSPS) is 22.3. The maximum atomic E-state index is 6.01. The summed E-state index contributed by atoms with van der Waals surface area (Å²) in [6, 6.07) is 13.4. The SMILES string of the molecule is CC(C)[C@H]1COC(c2cccc3c2Cc2c(C4=N[C@@H](C(C)C)CO4)cccc2-3)=N1. The Morgan fingerprint density at radius 2 is 1.10 bits per heavy atom. The van der Waals surface area contributed by atoms with Gasteiger partial charge in [0.2, 0.25) is 11.8 Å². The number of benzene rings is 2. The molecule has 2 aliphatic heterocycles. The molecule has 4 heteroatoms. The van der Waals surface area contributed by atoms with Gasteiger partial charge in [0.25, 0.3) is 0 Å². The maximum Gasteiger partial charge on any atom is 0.216 e. The number of aliphatic imine (C=N–C) groups is 2. The average Bonchev–Trinajstić information content (AvgIpc) is 3.44. The number of fused-ring (bicyclic) bond motifs is 3. The Balaban J connectivity index is 1.54. The van der Waals surface area contributed by atoms with Crippen LogP contribution in [0.4, 0.5) is 0 Å². The van der Waals surface area contributed by atoms with Crippen LogP contribution in [0.15, 0.2) is 46.4 Å². The summed E-state index contributed by atoms with van der Waals surface area (Å²) in [5.74, 6) is 2.56. The first-order valence-corrected chi connectivity index (χ1v) is 10.7. The van der Waals surface area contributed by atoms with E-state index in [0.717, 1.165) is 29.3 Å². The van der Waals surface area contributed by atoms with E-state index in [0.29, 0.717) is 25.0 Å². The molecule has 0 bridgehead atoms. The Hall–Kier alpha value is -2.62. The fourth-order valence-corrected chi connectivity index (χ4v) is 4.39. The zero-order valence-corrected chi connectivity index (χ0v) is 17.6. The molecule has 29 heavy (non-hydrogen) atoms. The molecule has 3 aliphatic rings. The van der Waals surface area contributed by atoms with Crippen LogP contribution in [-0.4, -0.2) is 37.1 Å². The standard InChI is InChI=1S/C25H28N2O2/c1-14(2)22-12-28-24(26-22)18-9-5-7-16-17-8-6-10-19(21(17)11-20(16)18)25-27-23(13-29-25)15(3)4/h5-10,14-15,22-23H,11-13H2,1-4H3/t22-,23-/m1/s1. The topological polar surface area (TPSA) is 43.2 Å². The highest BCUT2D eigenvalue weighted by Gasteiger charge is 2.31. The van der Waals surface area contributed by atoms with Crippen molar-refractivity contribution in [3.05, 3.63) is 58.7 Å². The first-order valence-electron chi connectivity index (χ1n) is 10.7. The first kappa shape index (κ1) is 18.4. The second-order valence-electron chi connectivity index (χ2n) is 8.95. The summed E-state index contributed by atoms with van der Waals surface area (Å²) in [6.07, 6.45) is 0.862. The van der Waals surface area contributed by atoms with Crippen LogP contribution >= 0.6 is 0 Å². The second kappa shape index (κ2) is 7.01. The van der Waals surface area contributed by atoms with E-state index in [1.807, 2.05) is 0 Å². The van der Waals surface area contributed by atoms with Crippen molar-refractivity contribution in [1.29, 1.82) is 0 Å². The number of hydrogen-bond acceptors (Lipinski definition) is 4. The molecule has 1 aliphatic carbocycles. The molecule has 4 nitrogen and oxygen atoms in total. The van der Waals surface area contributed by atoms with Crippen molar-refractivity contribution in [2.24, 2.45) is 21.8 Å². The van der Waals surface area contributed by atoms with E-state index < -0.39 is 0 Å². The number of rotatable bonds is 4. The Bertz CT molecular complexity index is 938. The molecular weight excluding hydrogens is 360 g/mol. The summed E-state index contributed by atoms with van der Waals surface area (Å²) < 4.78 is 12.0. The molecule has 0 radical (unpaired) electrons. The highest BCUT2D eigenvalue weighted by molar-refractivity contribution is 6.03. The largest absolute Gasteiger partial charge is 0.475 e. The van der Waals surface area contributed by atoms with Crippen LogP contribution in [0.1, 0.15) is 49.9 Å². The molecule has 5 rings (SSSR count). The van der Waals surface area contributed by atoms with Crippen LogP contribution < -0.4 is 0 Å². The number of ether oxygens (including phenoxy) is 2. The van der Waals surface area contributed by atoms with Crippen molar-refractivity contribution in [3.63, 3.8) is 0 Å². The predicted octanol–water partition coefficient (Wildman–Crippen LogP) is 4.86. The third-order valence-corrected chi connectivity index (χ3v) is 6.34. The lowest BCUT2D eigenvalue weighted by Crippen LogP contribution is -2.13. The molecular formula is C25H28N2O2. The van der Waals surface area contributed by atoms with E-state index in [-0.39, 0.29) is 12.1 Å². The summed E-state index contributed by atoms with van der Waals surface area (Å²) in [5, 5.41) is 0. The van der Waals surface area contributed by atoms with Crippen molar-refractivity contribution < 1.29 is 9.47 Å². The monoisotopic (exact) mass is 388 g/mol. The van der Waals surface area contributed by atoms with Gasteiger partial charge in [0.05, 0.1) is 12.1 Å². The summed E-state index contributed by atoms with van der Waals surface area (Å²) in [7, 11) is 0. The average molecular weight is 389 g/mol. The lowest BCUT2D eigenvalue weighted by atomic mass is 10.0. The Kier molecular flexibility index (Phi) is 4.45. The Labute approximate surface area is 172 Å². The van der Waals surface area contributed by atoms with E-state index in [1.165, 1.54) is 22.3 Å². The minimum atomic E-state index is 0.245. The minimum absolute atomic E-state index is 0.245. The van der Waals surface area contributed by atoms with Crippen LogP contribution in [0.25, 0.3) is 11.1 Å². The molecule has 2 aromatic rings. The lowest BCUT2D eigenvalue weighted by molar-refractivity contribution is 0.291. The van der Waals surface area contributed by atoms with Gasteiger partial charge in [-0.2, -0.15) is 0 Å². The van der Waals surface area contributed by atoms with E-state index in [9.17, 15) is 0 Å². The summed E-state index contributed by atoms with van der Waals surface area (Å²) in [6.45, 7) is 10.2. The summed E-state index contributed by atoms with van der Waals surface area (Å²) in [4.78, 5) is 9.75. The highest BCUT2D eigenvalue weighted by atomic mass is 16.5. The zero-order valence-electron chi connectivity index (χ0n) is 17.6. The highest BCUT2D eigenvalue weighted by Crippen LogP contribution is 2.41. The third kappa shape index (κ3) is 3.06. The van der Waals surface area contributed by atoms with Crippen LogP contribution in [0.5, 0.6) is 0 Å². The molecule has 0 unspecified atom stereocenters. The van der Waals surface area contributed by atoms with Gasteiger partial charge in [-0.05, 0) is 46.2 Å². The molecule has 0 amide bonds. The summed E-state index contributed by atoms with van der Waals surface area (Å²) >= 11 is 0. The van der Waals surface area contributed by atoms with Gasteiger partial charge in [0.15, 0.2) is 0 Å². The Morgan fingerprint density at radius 1 is 0.690 bits per heavy atom. The first-order chi connectivity index (χ1) is 14.0. The predicted molar refractivity (Wildman–Crippen MR) is 117 cm³/mol. The van der Waals surface area contributed by atoms with Crippen molar-refractivity contribution >= 4 is 11.8 Å². The van der Waals surface area contributed by atoms with Crippen LogP contribution in [-0.2, 0) is 15.9 Å².